The van der Waals surface area contributed by atoms with Crippen molar-refractivity contribution in [2.24, 2.45) is 0 Å². The van der Waals surface area contributed by atoms with Crippen LogP contribution in [0.3, 0.4) is 0 Å². The first-order chi connectivity index (χ1) is 10.3. The zero-order chi connectivity index (χ0) is 16.3. The van der Waals surface area contributed by atoms with E-state index in [1.54, 1.807) is 6.20 Å². The molecule has 1 aromatic carbocycles. The lowest BCUT2D eigenvalue weighted by Crippen LogP contribution is -2.34. The summed E-state index contributed by atoms with van der Waals surface area (Å²) in [5.74, 6) is 0.554. The summed E-state index contributed by atoms with van der Waals surface area (Å²) >= 11 is 2.20. The second-order valence-electron chi connectivity index (χ2n) is 5.96. The fourth-order valence-electron chi connectivity index (χ4n) is 1.90. The molecule has 0 aliphatic rings. The molecule has 0 fully saturated rings. The van der Waals surface area contributed by atoms with Crippen molar-refractivity contribution in [3.63, 3.8) is 0 Å². The third-order valence-corrected chi connectivity index (χ3v) is 3.71. The van der Waals surface area contributed by atoms with Crippen molar-refractivity contribution in [1.29, 1.82) is 0 Å². The maximum Gasteiger partial charge on any atom is 0.420 e. The Morgan fingerprint density at radius 2 is 1.91 bits per heavy atom. The second-order valence-corrected chi connectivity index (χ2v) is 7.12. The number of nitrogens with zero attached hydrogens (tertiary/aromatic N) is 2. The standard InChI is InChI=1S/C17H19IN2O2/c1-12-9-10-19-15(11-12)20(16(21)22-17(2,3)4)14-8-6-5-7-13(14)18/h5-11H,1-4H3. The molecule has 4 nitrogen and oxygen atoms in total. The maximum atomic E-state index is 12.7. The summed E-state index contributed by atoms with van der Waals surface area (Å²) in [6, 6.07) is 11.4. The molecule has 2 rings (SSSR count). The van der Waals surface area contributed by atoms with E-state index < -0.39 is 11.7 Å². The van der Waals surface area contributed by atoms with Gasteiger partial charge in [0.25, 0.3) is 0 Å². The van der Waals surface area contributed by atoms with E-state index in [1.807, 2.05) is 64.1 Å². The van der Waals surface area contributed by atoms with Gasteiger partial charge in [0.2, 0.25) is 0 Å². The molecule has 1 heterocycles. The summed E-state index contributed by atoms with van der Waals surface area (Å²) in [4.78, 5) is 18.5. The number of carbonyl (C=O) groups is 1. The van der Waals surface area contributed by atoms with Crippen LogP contribution in [0.5, 0.6) is 0 Å². The summed E-state index contributed by atoms with van der Waals surface area (Å²) in [6.45, 7) is 7.52. The fourth-order valence-corrected chi connectivity index (χ4v) is 2.53. The Labute approximate surface area is 144 Å². The quantitative estimate of drug-likeness (QED) is 0.650. The van der Waals surface area contributed by atoms with E-state index in [-0.39, 0.29) is 0 Å². The van der Waals surface area contributed by atoms with Crippen molar-refractivity contribution in [2.45, 2.75) is 33.3 Å². The summed E-state index contributed by atoms with van der Waals surface area (Å²) in [7, 11) is 0. The van der Waals surface area contributed by atoms with E-state index in [1.165, 1.54) is 4.90 Å². The highest BCUT2D eigenvalue weighted by Crippen LogP contribution is 2.30. The van der Waals surface area contributed by atoms with Gasteiger partial charge in [0, 0.05) is 9.77 Å². The lowest BCUT2D eigenvalue weighted by molar-refractivity contribution is 0.0598. The van der Waals surface area contributed by atoms with Gasteiger partial charge in [0.15, 0.2) is 0 Å². The molecule has 2 aromatic rings. The van der Waals surface area contributed by atoms with Crippen LogP contribution in [-0.4, -0.2) is 16.7 Å². The smallest absolute Gasteiger partial charge is 0.420 e. The van der Waals surface area contributed by atoms with E-state index in [4.69, 9.17) is 4.74 Å². The number of para-hydroxylation sites is 1. The van der Waals surface area contributed by atoms with Crippen LogP contribution in [0.2, 0.25) is 0 Å². The van der Waals surface area contributed by atoms with Crippen LogP contribution in [0.25, 0.3) is 0 Å². The molecule has 0 bridgehead atoms. The SMILES string of the molecule is Cc1ccnc(N(C(=O)OC(C)(C)C)c2ccccc2I)c1. The zero-order valence-corrected chi connectivity index (χ0v) is 15.3. The number of anilines is 2. The van der Waals surface area contributed by atoms with E-state index in [9.17, 15) is 4.79 Å². The zero-order valence-electron chi connectivity index (χ0n) is 13.1. The van der Waals surface area contributed by atoms with E-state index in [0.29, 0.717) is 5.82 Å². The molecule has 0 radical (unpaired) electrons. The highest BCUT2D eigenvalue weighted by Gasteiger charge is 2.27. The monoisotopic (exact) mass is 410 g/mol. The number of aromatic nitrogens is 1. The molecular weight excluding hydrogens is 391 g/mol. The normalized spacial score (nSPS) is 11.1. The van der Waals surface area contributed by atoms with E-state index >= 15 is 0 Å². The molecule has 0 saturated carbocycles. The van der Waals surface area contributed by atoms with Gasteiger partial charge in [0.05, 0.1) is 5.69 Å². The second kappa shape index (κ2) is 6.64. The maximum absolute atomic E-state index is 12.7. The number of hydrogen-bond acceptors (Lipinski definition) is 3. The van der Waals surface area contributed by atoms with Gasteiger partial charge >= 0.3 is 6.09 Å². The largest absolute Gasteiger partial charge is 0.443 e. The molecule has 1 aromatic heterocycles. The third-order valence-electron chi connectivity index (χ3n) is 2.80. The van der Waals surface area contributed by atoms with Crippen molar-refractivity contribution in [3.8, 4) is 0 Å². The van der Waals surface area contributed by atoms with Crippen LogP contribution in [0.4, 0.5) is 16.3 Å². The molecular formula is C17H19IN2O2. The average Bonchev–Trinajstić information content (AvgIpc) is 2.39. The van der Waals surface area contributed by atoms with Crippen LogP contribution < -0.4 is 4.90 Å². The Hall–Kier alpha value is -1.63. The number of rotatable bonds is 2. The molecule has 0 unspecified atom stereocenters. The Kier molecular flexibility index (Phi) is 5.05. The molecule has 1 amide bonds. The van der Waals surface area contributed by atoms with Crippen LogP contribution in [0.1, 0.15) is 26.3 Å². The molecule has 22 heavy (non-hydrogen) atoms. The predicted octanol–water partition coefficient (Wildman–Crippen LogP) is 5.07. The fraction of sp³-hybridized carbons (Fsp3) is 0.294. The number of amides is 1. The number of pyridine rings is 1. The lowest BCUT2D eigenvalue weighted by Gasteiger charge is -2.27. The number of carbonyl (C=O) groups excluding carboxylic acids is 1. The molecule has 0 aliphatic carbocycles. The van der Waals surface area contributed by atoms with Crippen molar-refractivity contribution in [1.82, 2.24) is 4.98 Å². The van der Waals surface area contributed by atoms with Crippen molar-refractivity contribution in [3.05, 3.63) is 51.7 Å². The molecule has 0 aliphatic heterocycles. The Morgan fingerprint density at radius 1 is 1.23 bits per heavy atom. The minimum absolute atomic E-state index is 0.435. The van der Waals surface area contributed by atoms with E-state index in [2.05, 4.69) is 27.6 Å². The number of halogens is 1. The lowest BCUT2D eigenvalue weighted by atomic mass is 10.2. The van der Waals surface area contributed by atoms with Crippen LogP contribution in [-0.2, 0) is 4.74 Å². The predicted molar refractivity (Wildman–Crippen MR) is 96.5 cm³/mol. The molecule has 0 N–H and O–H groups in total. The number of ether oxygens (including phenoxy) is 1. The van der Waals surface area contributed by atoms with Gasteiger partial charge in [-0.2, -0.15) is 0 Å². The average molecular weight is 410 g/mol. The van der Waals surface area contributed by atoms with Crippen LogP contribution in [0.15, 0.2) is 42.6 Å². The van der Waals surface area contributed by atoms with Crippen molar-refractivity contribution < 1.29 is 9.53 Å². The molecule has 116 valence electrons. The number of benzene rings is 1. The van der Waals surface area contributed by atoms with Crippen LogP contribution in [0, 0.1) is 10.5 Å². The van der Waals surface area contributed by atoms with Crippen molar-refractivity contribution in [2.75, 3.05) is 4.90 Å². The van der Waals surface area contributed by atoms with Gasteiger partial charge in [-0.05, 0) is 80.1 Å². The summed E-state index contributed by atoms with van der Waals surface area (Å²) in [5, 5.41) is 0. The highest BCUT2D eigenvalue weighted by atomic mass is 127. The summed E-state index contributed by atoms with van der Waals surface area (Å²) < 4.78 is 6.50. The number of hydrogen-bond donors (Lipinski definition) is 0. The molecule has 0 atom stereocenters. The summed E-state index contributed by atoms with van der Waals surface area (Å²) in [5.41, 5.74) is 1.22. The minimum Gasteiger partial charge on any atom is -0.443 e. The Balaban J connectivity index is 2.50. The Morgan fingerprint density at radius 3 is 2.50 bits per heavy atom. The molecule has 0 saturated heterocycles. The van der Waals surface area contributed by atoms with Gasteiger partial charge in [-0.15, -0.1) is 0 Å². The molecule has 5 heteroatoms. The first-order valence-electron chi connectivity index (χ1n) is 6.98. The van der Waals surface area contributed by atoms with Gasteiger partial charge in [-0.25, -0.2) is 14.7 Å². The number of aryl methyl sites for hydroxylation is 1. The highest BCUT2D eigenvalue weighted by molar-refractivity contribution is 14.1. The van der Waals surface area contributed by atoms with Gasteiger partial charge < -0.3 is 4.74 Å². The third kappa shape index (κ3) is 4.19. The van der Waals surface area contributed by atoms with E-state index in [0.717, 1.165) is 14.8 Å². The topological polar surface area (TPSA) is 42.4 Å². The summed E-state index contributed by atoms with van der Waals surface area (Å²) in [6.07, 6.45) is 1.26. The van der Waals surface area contributed by atoms with Gasteiger partial charge in [-0.3, -0.25) is 0 Å². The first-order valence-corrected chi connectivity index (χ1v) is 8.06. The Bertz CT molecular complexity index is 680. The van der Waals surface area contributed by atoms with Crippen molar-refractivity contribution >= 4 is 40.2 Å². The first kappa shape index (κ1) is 16.7. The van der Waals surface area contributed by atoms with Crippen LogP contribution >= 0.6 is 22.6 Å². The van der Waals surface area contributed by atoms with Gasteiger partial charge in [0.1, 0.15) is 11.4 Å². The minimum atomic E-state index is -0.570. The molecule has 0 spiro atoms. The van der Waals surface area contributed by atoms with Gasteiger partial charge in [-0.1, -0.05) is 12.1 Å².